The zero-order valence-electron chi connectivity index (χ0n) is 22.7. The van der Waals surface area contributed by atoms with Crippen LogP contribution in [0.2, 0.25) is 0 Å². The van der Waals surface area contributed by atoms with Gasteiger partial charge in [0.15, 0.2) is 0 Å². The molecule has 2 aliphatic rings. The quantitative estimate of drug-likeness (QED) is 0.247. The fourth-order valence-corrected chi connectivity index (χ4v) is 5.19. The molecule has 216 valence electrons. The van der Waals surface area contributed by atoms with E-state index in [1.54, 1.807) is 36.7 Å². The normalized spacial score (nSPS) is 19.3. The Bertz CT molecular complexity index is 1680. The molecule has 0 bridgehead atoms. The van der Waals surface area contributed by atoms with E-state index in [-0.39, 0.29) is 6.04 Å². The monoisotopic (exact) mass is 574 g/mol. The van der Waals surface area contributed by atoms with E-state index in [1.807, 2.05) is 31.2 Å². The maximum atomic E-state index is 13.5. The van der Waals surface area contributed by atoms with Gasteiger partial charge in [0, 0.05) is 54.4 Å². The smallest absolute Gasteiger partial charge is 0.407 e. The van der Waals surface area contributed by atoms with Gasteiger partial charge in [-0.1, -0.05) is 24.3 Å². The van der Waals surface area contributed by atoms with Crippen LogP contribution in [0.5, 0.6) is 11.6 Å². The number of nitrogens with zero attached hydrogens (tertiary/aromatic N) is 4. The summed E-state index contributed by atoms with van der Waals surface area (Å²) in [5, 5.41) is 16.6. The molecule has 2 fully saturated rings. The molecule has 1 aliphatic heterocycles. The fourth-order valence-electron chi connectivity index (χ4n) is 5.19. The topological polar surface area (TPSA) is 130 Å². The number of carbonyl (C=O) groups is 2. The molecular formula is C30H28F2N6O4. The minimum absolute atomic E-state index is 0.117. The maximum absolute atomic E-state index is 13.5. The van der Waals surface area contributed by atoms with E-state index < -0.39 is 30.3 Å². The van der Waals surface area contributed by atoms with E-state index in [9.17, 15) is 23.5 Å². The van der Waals surface area contributed by atoms with Crippen molar-refractivity contribution in [2.45, 2.75) is 38.2 Å². The lowest BCUT2D eigenvalue weighted by molar-refractivity contribution is -0.119. The van der Waals surface area contributed by atoms with E-state index in [0.717, 1.165) is 18.4 Å². The predicted octanol–water partition coefficient (Wildman–Crippen LogP) is 5.94. The molecular weight excluding hydrogens is 546 g/mol. The number of halogens is 2. The molecule has 4 aromatic rings. The summed E-state index contributed by atoms with van der Waals surface area (Å²) in [6.07, 6.45) is 3.36. The molecule has 3 heterocycles. The van der Waals surface area contributed by atoms with Gasteiger partial charge in [-0.25, -0.2) is 28.5 Å². The number of pyridine rings is 1. The van der Waals surface area contributed by atoms with Gasteiger partial charge in [0.1, 0.15) is 11.7 Å². The number of hydrogen-bond acceptors (Lipinski definition) is 7. The summed E-state index contributed by atoms with van der Waals surface area (Å²) in [6.45, 7) is 2.73. The van der Waals surface area contributed by atoms with E-state index in [2.05, 4.69) is 25.6 Å². The number of piperidine rings is 1. The molecule has 1 saturated heterocycles. The van der Waals surface area contributed by atoms with Crippen molar-refractivity contribution in [2.24, 2.45) is 5.92 Å². The first-order valence-corrected chi connectivity index (χ1v) is 13.6. The number of amides is 2. The number of hydrogen-bond donors (Lipinski definition) is 3. The molecule has 0 spiro atoms. The number of aromatic nitrogens is 3. The van der Waals surface area contributed by atoms with Crippen molar-refractivity contribution in [3.8, 4) is 22.9 Å². The third-order valence-corrected chi connectivity index (χ3v) is 7.54. The average Bonchev–Trinajstić information content (AvgIpc) is 3.63. The van der Waals surface area contributed by atoms with Crippen molar-refractivity contribution < 1.29 is 28.2 Å². The summed E-state index contributed by atoms with van der Waals surface area (Å²) in [7, 11) is 0. The van der Waals surface area contributed by atoms with Crippen molar-refractivity contribution in [3.05, 3.63) is 66.5 Å². The highest BCUT2D eigenvalue weighted by atomic mass is 19.3. The summed E-state index contributed by atoms with van der Waals surface area (Å²) >= 11 is 0. The lowest BCUT2D eigenvalue weighted by Crippen LogP contribution is -2.44. The highest BCUT2D eigenvalue weighted by molar-refractivity contribution is 6.06. The lowest BCUT2D eigenvalue weighted by Gasteiger charge is -2.31. The van der Waals surface area contributed by atoms with Gasteiger partial charge in [-0.2, -0.15) is 0 Å². The van der Waals surface area contributed by atoms with Crippen molar-refractivity contribution in [3.63, 3.8) is 0 Å². The molecule has 12 heteroatoms. The summed E-state index contributed by atoms with van der Waals surface area (Å²) in [5.74, 6) is -3.82. The van der Waals surface area contributed by atoms with Crippen molar-refractivity contribution in [1.29, 1.82) is 0 Å². The molecule has 2 aromatic carbocycles. The Balaban J connectivity index is 1.28. The maximum Gasteiger partial charge on any atom is 0.407 e. The molecule has 2 atom stereocenters. The SMILES string of the molecule is Cc1ccc2c(NC(=O)[C@H]3CC3(F)F)cccc2c1Oc1ncccc1-c1ccnc(N[C@H]2CCCN(C(=O)O)C2)n1. The highest BCUT2D eigenvalue weighted by Gasteiger charge is 2.61. The van der Waals surface area contributed by atoms with Crippen LogP contribution in [0.3, 0.4) is 0 Å². The second-order valence-corrected chi connectivity index (χ2v) is 10.6. The number of ether oxygens (including phenoxy) is 1. The largest absolute Gasteiger partial charge is 0.465 e. The number of anilines is 2. The van der Waals surface area contributed by atoms with E-state index in [4.69, 9.17) is 4.74 Å². The van der Waals surface area contributed by atoms with Gasteiger partial charge in [0.2, 0.25) is 17.7 Å². The molecule has 2 amide bonds. The average molecular weight is 575 g/mol. The number of carboxylic acid groups (broad SMARTS) is 1. The number of likely N-dealkylation sites (tertiary alicyclic amines) is 1. The van der Waals surface area contributed by atoms with E-state index in [1.165, 1.54) is 4.90 Å². The fraction of sp³-hybridized carbons (Fsp3) is 0.300. The molecule has 1 saturated carbocycles. The third-order valence-electron chi connectivity index (χ3n) is 7.54. The third kappa shape index (κ3) is 5.52. The minimum Gasteiger partial charge on any atom is -0.465 e. The molecule has 2 aromatic heterocycles. The van der Waals surface area contributed by atoms with Crippen LogP contribution in [0.1, 0.15) is 24.8 Å². The summed E-state index contributed by atoms with van der Waals surface area (Å²) in [6, 6.07) is 14.1. The van der Waals surface area contributed by atoms with Gasteiger partial charge in [-0.3, -0.25) is 4.79 Å². The van der Waals surface area contributed by atoms with Crippen molar-refractivity contribution in [2.75, 3.05) is 23.7 Å². The first-order chi connectivity index (χ1) is 20.2. The molecule has 10 nitrogen and oxygen atoms in total. The van der Waals surface area contributed by atoms with Crippen molar-refractivity contribution >= 4 is 34.4 Å². The van der Waals surface area contributed by atoms with Crippen LogP contribution >= 0.6 is 0 Å². The number of rotatable bonds is 7. The predicted molar refractivity (Wildman–Crippen MR) is 152 cm³/mol. The molecule has 42 heavy (non-hydrogen) atoms. The molecule has 0 unspecified atom stereocenters. The standard InChI is InChI=1S/C30H28F2N6O4/c1-17-9-10-19-20(6-2-8-23(19)36-26(39)22-15-30(22,31)32)25(17)42-27-21(7-3-12-33-27)24-11-13-34-28(37-24)35-18-5-4-14-38(16-18)29(40)41/h2-3,6-13,18,22H,4-5,14-16H2,1H3,(H,36,39)(H,40,41)(H,34,35,37)/t18-,22+/m0/s1. The van der Waals surface area contributed by atoms with Crippen LogP contribution in [0.4, 0.5) is 25.2 Å². The van der Waals surface area contributed by atoms with Crippen LogP contribution < -0.4 is 15.4 Å². The Hall–Kier alpha value is -4.87. The van der Waals surface area contributed by atoms with Crippen LogP contribution in [-0.2, 0) is 4.79 Å². The zero-order chi connectivity index (χ0) is 29.4. The second-order valence-electron chi connectivity index (χ2n) is 10.6. The highest BCUT2D eigenvalue weighted by Crippen LogP contribution is 2.49. The minimum atomic E-state index is -2.96. The number of aryl methyl sites for hydroxylation is 1. The first kappa shape index (κ1) is 27.3. The van der Waals surface area contributed by atoms with Crippen molar-refractivity contribution in [1.82, 2.24) is 19.9 Å². The first-order valence-electron chi connectivity index (χ1n) is 13.6. The Morgan fingerprint density at radius 1 is 1.07 bits per heavy atom. The molecule has 3 N–H and O–H groups in total. The number of nitrogens with one attached hydrogen (secondary N) is 2. The van der Waals surface area contributed by atoms with Gasteiger partial charge in [0.25, 0.3) is 5.92 Å². The Labute approximate surface area is 239 Å². The Morgan fingerprint density at radius 2 is 1.90 bits per heavy atom. The van der Waals surface area contributed by atoms with Gasteiger partial charge >= 0.3 is 6.09 Å². The van der Waals surface area contributed by atoms with Crippen LogP contribution in [0.15, 0.2) is 60.9 Å². The van der Waals surface area contributed by atoms with Crippen LogP contribution in [0.25, 0.3) is 22.0 Å². The number of benzene rings is 2. The Morgan fingerprint density at radius 3 is 2.69 bits per heavy atom. The summed E-state index contributed by atoms with van der Waals surface area (Å²) in [5.41, 5.74) is 2.39. The number of alkyl halides is 2. The second kappa shape index (κ2) is 10.8. The lowest BCUT2D eigenvalue weighted by atomic mass is 10.0. The van der Waals surface area contributed by atoms with Crippen LogP contribution in [0, 0.1) is 12.8 Å². The van der Waals surface area contributed by atoms with Gasteiger partial charge in [0.05, 0.1) is 11.3 Å². The number of fused-ring (bicyclic) bond motifs is 1. The number of carbonyl (C=O) groups excluding carboxylic acids is 1. The van der Waals surface area contributed by atoms with Gasteiger partial charge in [-0.05, 0) is 49.6 Å². The van der Waals surface area contributed by atoms with Gasteiger partial charge in [-0.15, -0.1) is 0 Å². The van der Waals surface area contributed by atoms with Crippen LogP contribution in [-0.4, -0.2) is 62.0 Å². The summed E-state index contributed by atoms with van der Waals surface area (Å²) < 4.78 is 33.3. The molecule has 0 radical (unpaired) electrons. The van der Waals surface area contributed by atoms with E-state index in [0.29, 0.717) is 58.4 Å². The Kier molecular flexibility index (Phi) is 7.05. The van der Waals surface area contributed by atoms with E-state index >= 15 is 0 Å². The zero-order valence-corrected chi connectivity index (χ0v) is 22.7. The van der Waals surface area contributed by atoms with Gasteiger partial charge < -0.3 is 25.4 Å². The molecule has 1 aliphatic carbocycles. The molecule has 6 rings (SSSR count). The summed E-state index contributed by atoms with van der Waals surface area (Å²) in [4.78, 5) is 38.6.